The average molecular weight is 405 g/mol. The van der Waals surface area contributed by atoms with Gasteiger partial charge in [0.15, 0.2) is 0 Å². The van der Waals surface area contributed by atoms with Crippen LogP contribution in [0, 0.1) is 31.6 Å². The predicted octanol–water partition coefficient (Wildman–Crippen LogP) is 4.62. The van der Waals surface area contributed by atoms with Crippen LogP contribution in [-0.2, 0) is 4.79 Å². The summed E-state index contributed by atoms with van der Waals surface area (Å²) in [5.74, 6) is 1.31. The first-order valence-corrected chi connectivity index (χ1v) is 11.1. The summed E-state index contributed by atoms with van der Waals surface area (Å²) in [5.41, 5.74) is 4.35. The van der Waals surface area contributed by atoms with Gasteiger partial charge in [-0.3, -0.25) is 9.59 Å². The van der Waals surface area contributed by atoms with E-state index in [0.717, 1.165) is 24.2 Å². The lowest BCUT2D eigenvalue weighted by Crippen LogP contribution is -2.38. The maximum absolute atomic E-state index is 13.1. The largest absolute Gasteiger partial charge is 0.338 e. The van der Waals surface area contributed by atoms with Gasteiger partial charge in [-0.25, -0.2) is 0 Å². The van der Waals surface area contributed by atoms with Crippen molar-refractivity contribution in [2.75, 3.05) is 19.6 Å². The maximum atomic E-state index is 13.1. The Labute approximate surface area is 179 Å². The Hall–Kier alpha value is -2.62. The topological polar surface area (TPSA) is 40.6 Å². The van der Waals surface area contributed by atoms with E-state index in [1.165, 1.54) is 11.1 Å². The minimum absolute atomic E-state index is 0.0540. The first-order valence-electron chi connectivity index (χ1n) is 11.1. The van der Waals surface area contributed by atoms with Crippen molar-refractivity contribution in [2.45, 2.75) is 40.2 Å². The molecule has 2 aromatic rings. The zero-order valence-corrected chi connectivity index (χ0v) is 18.5. The number of likely N-dealkylation sites (tertiary alicyclic amines) is 2. The number of carbonyl (C=O) groups excluding carboxylic acids is 2. The number of carbonyl (C=O) groups is 2. The van der Waals surface area contributed by atoms with E-state index in [0.29, 0.717) is 24.8 Å². The molecular weight excluding hydrogens is 372 g/mol. The monoisotopic (exact) mass is 404 g/mol. The molecule has 30 heavy (non-hydrogen) atoms. The van der Waals surface area contributed by atoms with Crippen molar-refractivity contribution in [1.29, 1.82) is 0 Å². The first-order chi connectivity index (χ1) is 14.3. The van der Waals surface area contributed by atoms with E-state index in [1.54, 1.807) is 0 Å². The molecule has 2 aliphatic heterocycles. The number of benzene rings is 2. The predicted molar refractivity (Wildman–Crippen MR) is 119 cm³/mol. The van der Waals surface area contributed by atoms with Gasteiger partial charge in [0, 0.05) is 43.5 Å². The number of aryl methyl sites for hydroxylation is 2. The Bertz CT molecular complexity index is 934. The average Bonchev–Trinajstić information content (AvgIpc) is 3.26. The molecule has 0 aliphatic carbocycles. The zero-order valence-electron chi connectivity index (χ0n) is 18.5. The molecule has 2 aliphatic rings. The highest BCUT2D eigenvalue weighted by Gasteiger charge is 2.50. The lowest BCUT2D eigenvalue weighted by molar-refractivity contribution is -0.133. The molecule has 0 aromatic heterocycles. The number of hydrogen-bond donors (Lipinski definition) is 0. The van der Waals surface area contributed by atoms with Gasteiger partial charge in [-0.15, -0.1) is 0 Å². The third kappa shape index (κ3) is 3.88. The maximum Gasteiger partial charge on any atom is 0.253 e. The molecule has 0 unspecified atom stereocenters. The Kier molecular flexibility index (Phi) is 5.68. The lowest BCUT2D eigenvalue weighted by atomic mass is 9.87. The van der Waals surface area contributed by atoms with Gasteiger partial charge in [0.1, 0.15) is 0 Å². The van der Waals surface area contributed by atoms with Crippen molar-refractivity contribution in [3.05, 3.63) is 70.8 Å². The number of nitrogens with zero attached hydrogens (tertiary/aromatic N) is 2. The Morgan fingerprint density at radius 3 is 2.33 bits per heavy atom. The van der Waals surface area contributed by atoms with Gasteiger partial charge < -0.3 is 9.80 Å². The fourth-order valence-corrected chi connectivity index (χ4v) is 5.13. The van der Waals surface area contributed by atoms with Gasteiger partial charge in [0.05, 0.1) is 6.04 Å². The quantitative estimate of drug-likeness (QED) is 0.746. The van der Waals surface area contributed by atoms with Crippen molar-refractivity contribution in [3.63, 3.8) is 0 Å². The van der Waals surface area contributed by atoms with Crippen LogP contribution in [0.15, 0.2) is 48.5 Å². The van der Waals surface area contributed by atoms with E-state index in [2.05, 4.69) is 43.9 Å². The molecule has 0 N–H and O–H groups in total. The molecular formula is C26H32N2O2. The van der Waals surface area contributed by atoms with Crippen LogP contribution < -0.4 is 0 Å². The van der Waals surface area contributed by atoms with Gasteiger partial charge >= 0.3 is 0 Å². The summed E-state index contributed by atoms with van der Waals surface area (Å²) in [6.45, 7) is 10.5. The van der Waals surface area contributed by atoms with Crippen LogP contribution in [0.2, 0.25) is 0 Å². The van der Waals surface area contributed by atoms with Gasteiger partial charge in [-0.05, 0) is 43.0 Å². The van der Waals surface area contributed by atoms with Crippen LogP contribution in [0.25, 0.3) is 0 Å². The third-order valence-electron chi connectivity index (χ3n) is 6.66. The van der Waals surface area contributed by atoms with E-state index in [9.17, 15) is 9.59 Å². The lowest BCUT2D eigenvalue weighted by Gasteiger charge is -2.31. The van der Waals surface area contributed by atoms with Gasteiger partial charge in [0.2, 0.25) is 5.91 Å². The second-order valence-electron chi connectivity index (χ2n) is 9.45. The summed E-state index contributed by atoms with van der Waals surface area (Å²) >= 11 is 0. The molecule has 3 atom stereocenters. The number of rotatable bonds is 4. The van der Waals surface area contributed by atoms with Gasteiger partial charge in [-0.2, -0.15) is 0 Å². The molecule has 0 bridgehead atoms. The second kappa shape index (κ2) is 8.25. The summed E-state index contributed by atoms with van der Waals surface area (Å²) in [5, 5.41) is 0. The van der Waals surface area contributed by atoms with Crippen molar-refractivity contribution in [1.82, 2.24) is 9.80 Å². The Balaban J connectivity index is 1.60. The number of hydrogen-bond acceptors (Lipinski definition) is 2. The van der Waals surface area contributed by atoms with Crippen LogP contribution in [0.4, 0.5) is 0 Å². The van der Waals surface area contributed by atoms with Crippen LogP contribution >= 0.6 is 0 Å². The fraction of sp³-hybridized carbons (Fsp3) is 0.462. The normalized spacial score (nSPS) is 23.2. The molecule has 0 saturated carbocycles. The molecule has 158 valence electrons. The number of amides is 2. The van der Waals surface area contributed by atoms with Crippen molar-refractivity contribution in [3.8, 4) is 0 Å². The molecule has 2 saturated heterocycles. The van der Waals surface area contributed by atoms with Crippen molar-refractivity contribution >= 4 is 11.8 Å². The standard InChI is InChI=1S/C26H32N2O2/c1-17(2)13-24(29)28-15-21-14-27(26(30)20-11-9-18(3)10-12-20)16-23(21)25(28)22-8-6-5-7-19(22)4/h5-12,17,21,23,25H,13-16H2,1-4H3/t21-,23-,25+/m0/s1. The summed E-state index contributed by atoms with van der Waals surface area (Å²) in [4.78, 5) is 30.3. The highest BCUT2D eigenvalue weighted by atomic mass is 16.2. The molecule has 2 amide bonds. The summed E-state index contributed by atoms with van der Waals surface area (Å²) < 4.78 is 0. The molecule has 2 fully saturated rings. The first kappa shape index (κ1) is 20.6. The highest BCUT2D eigenvalue weighted by Crippen LogP contribution is 2.46. The smallest absolute Gasteiger partial charge is 0.253 e. The SMILES string of the molecule is Cc1ccc(C(=O)N2C[C@H]3CN(C(=O)CC(C)C)[C@H](c4ccccc4C)[C@H]3C2)cc1. The van der Waals surface area contributed by atoms with Gasteiger partial charge in [0.25, 0.3) is 5.91 Å². The minimum Gasteiger partial charge on any atom is -0.338 e. The summed E-state index contributed by atoms with van der Waals surface area (Å²) in [7, 11) is 0. The van der Waals surface area contributed by atoms with Crippen LogP contribution in [0.1, 0.15) is 53.4 Å². The van der Waals surface area contributed by atoms with Crippen LogP contribution in [-0.4, -0.2) is 41.2 Å². The molecule has 2 aromatic carbocycles. The molecule has 2 heterocycles. The Morgan fingerprint density at radius 2 is 1.67 bits per heavy atom. The molecule has 0 radical (unpaired) electrons. The van der Waals surface area contributed by atoms with E-state index < -0.39 is 0 Å². The third-order valence-corrected chi connectivity index (χ3v) is 6.66. The summed E-state index contributed by atoms with van der Waals surface area (Å²) in [6, 6.07) is 16.3. The van der Waals surface area contributed by atoms with Crippen molar-refractivity contribution in [2.24, 2.45) is 17.8 Å². The van der Waals surface area contributed by atoms with E-state index in [4.69, 9.17) is 0 Å². The zero-order chi connectivity index (χ0) is 21.4. The molecule has 0 spiro atoms. The van der Waals surface area contributed by atoms with Crippen LogP contribution in [0.5, 0.6) is 0 Å². The fourth-order valence-electron chi connectivity index (χ4n) is 5.13. The second-order valence-corrected chi connectivity index (χ2v) is 9.45. The van der Waals surface area contributed by atoms with E-state index in [-0.39, 0.29) is 23.8 Å². The summed E-state index contributed by atoms with van der Waals surface area (Å²) in [6.07, 6.45) is 0.577. The van der Waals surface area contributed by atoms with Gasteiger partial charge in [-0.1, -0.05) is 55.8 Å². The van der Waals surface area contributed by atoms with E-state index in [1.807, 2.05) is 42.2 Å². The number of fused-ring (bicyclic) bond motifs is 1. The Morgan fingerprint density at radius 1 is 0.967 bits per heavy atom. The van der Waals surface area contributed by atoms with E-state index >= 15 is 0 Å². The highest BCUT2D eigenvalue weighted by molar-refractivity contribution is 5.94. The molecule has 4 heteroatoms. The molecule has 4 nitrogen and oxygen atoms in total. The van der Waals surface area contributed by atoms with Crippen molar-refractivity contribution < 1.29 is 9.59 Å². The minimum atomic E-state index is 0.0540. The van der Waals surface area contributed by atoms with Crippen LogP contribution in [0.3, 0.4) is 0 Å². The molecule has 4 rings (SSSR count).